The third-order valence-electron chi connectivity index (χ3n) is 2.45. The van der Waals surface area contributed by atoms with E-state index in [9.17, 15) is 13.2 Å². The van der Waals surface area contributed by atoms with Crippen molar-refractivity contribution in [1.82, 2.24) is 5.32 Å². The maximum Gasteiger partial charge on any atom is 0.415 e. The second-order valence-corrected chi connectivity index (χ2v) is 3.74. The molecule has 3 unspecified atom stereocenters. The normalized spacial score (nSPS) is 30.6. The second kappa shape index (κ2) is 4.46. The van der Waals surface area contributed by atoms with Crippen LogP contribution in [0.15, 0.2) is 0 Å². The van der Waals surface area contributed by atoms with E-state index in [2.05, 4.69) is 5.32 Å². The number of alkyl halides is 3. The van der Waals surface area contributed by atoms with Gasteiger partial charge in [-0.15, -0.1) is 0 Å². The zero-order valence-electron chi connectivity index (χ0n) is 7.72. The standard InChI is InChI=1S/C8H15F3N2O/c9-8(10,11)7(14)4-13-6-2-1-5(12)3-6/h5-7,13-14H,1-4,12H2. The van der Waals surface area contributed by atoms with Crippen LogP contribution < -0.4 is 11.1 Å². The summed E-state index contributed by atoms with van der Waals surface area (Å²) in [5, 5.41) is 11.4. The van der Waals surface area contributed by atoms with Crippen LogP contribution in [0.3, 0.4) is 0 Å². The lowest BCUT2D eigenvalue weighted by Crippen LogP contribution is -2.42. The largest absolute Gasteiger partial charge is 0.415 e. The van der Waals surface area contributed by atoms with Crippen molar-refractivity contribution in [2.75, 3.05) is 6.54 Å². The topological polar surface area (TPSA) is 58.3 Å². The minimum Gasteiger partial charge on any atom is -0.382 e. The molecule has 0 aromatic carbocycles. The minimum absolute atomic E-state index is 0.0157. The fourth-order valence-corrected chi connectivity index (χ4v) is 1.60. The number of rotatable bonds is 3. The molecule has 1 saturated carbocycles. The van der Waals surface area contributed by atoms with Crippen LogP contribution in [0.2, 0.25) is 0 Å². The molecule has 0 aromatic heterocycles. The van der Waals surface area contributed by atoms with E-state index in [1.165, 1.54) is 0 Å². The van der Waals surface area contributed by atoms with Crippen LogP contribution in [0.1, 0.15) is 19.3 Å². The predicted molar refractivity (Wildman–Crippen MR) is 45.7 cm³/mol. The van der Waals surface area contributed by atoms with Crippen LogP contribution in [0.4, 0.5) is 13.2 Å². The van der Waals surface area contributed by atoms with E-state index in [0.717, 1.165) is 12.8 Å². The molecule has 0 bridgehead atoms. The van der Waals surface area contributed by atoms with Crippen molar-refractivity contribution in [1.29, 1.82) is 0 Å². The Morgan fingerprint density at radius 2 is 2.07 bits per heavy atom. The van der Waals surface area contributed by atoms with E-state index in [-0.39, 0.29) is 12.1 Å². The number of hydrogen-bond acceptors (Lipinski definition) is 3. The van der Waals surface area contributed by atoms with E-state index >= 15 is 0 Å². The molecular weight excluding hydrogens is 197 g/mol. The van der Waals surface area contributed by atoms with Gasteiger partial charge in [-0.1, -0.05) is 0 Å². The van der Waals surface area contributed by atoms with Crippen LogP contribution in [0, 0.1) is 0 Å². The molecule has 0 heterocycles. The zero-order chi connectivity index (χ0) is 10.8. The summed E-state index contributed by atoms with van der Waals surface area (Å²) in [7, 11) is 0. The Balaban J connectivity index is 2.21. The number of nitrogens with two attached hydrogens (primary N) is 1. The molecule has 0 spiro atoms. The van der Waals surface area contributed by atoms with Crippen molar-refractivity contribution >= 4 is 0 Å². The lowest BCUT2D eigenvalue weighted by atomic mass is 10.2. The van der Waals surface area contributed by atoms with Gasteiger partial charge in [0.15, 0.2) is 6.10 Å². The average Bonchev–Trinajstić information content (AvgIpc) is 2.45. The lowest BCUT2D eigenvalue weighted by molar-refractivity contribution is -0.202. The molecule has 3 nitrogen and oxygen atoms in total. The summed E-state index contributed by atoms with van der Waals surface area (Å²) >= 11 is 0. The van der Waals surface area contributed by atoms with Crippen LogP contribution in [-0.4, -0.2) is 36.0 Å². The van der Waals surface area contributed by atoms with Crippen LogP contribution in [0.5, 0.6) is 0 Å². The van der Waals surface area contributed by atoms with Crippen molar-refractivity contribution in [3.05, 3.63) is 0 Å². The van der Waals surface area contributed by atoms with Crippen molar-refractivity contribution in [3.63, 3.8) is 0 Å². The van der Waals surface area contributed by atoms with Gasteiger partial charge in [0, 0.05) is 18.6 Å². The molecule has 1 aliphatic rings. The van der Waals surface area contributed by atoms with Gasteiger partial charge in [0.1, 0.15) is 0 Å². The van der Waals surface area contributed by atoms with Gasteiger partial charge in [-0.3, -0.25) is 0 Å². The maximum absolute atomic E-state index is 11.9. The number of nitrogens with one attached hydrogen (secondary N) is 1. The quantitative estimate of drug-likeness (QED) is 0.634. The number of halogens is 3. The molecule has 0 amide bonds. The molecular formula is C8H15F3N2O. The molecule has 1 fully saturated rings. The molecule has 1 aliphatic carbocycles. The Morgan fingerprint density at radius 1 is 1.43 bits per heavy atom. The van der Waals surface area contributed by atoms with E-state index < -0.39 is 18.8 Å². The number of hydrogen-bond donors (Lipinski definition) is 3. The van der Waals surface area contributed by atoms with Gasteiger partial charge in [-0.05, 0) is 19.3 Å². The first-order chi connectivity index (χ1) is 6.39. The highest BCUT2D eigenvalue weighted by Gasteiger charge is 2.38. The highest BCUT2D eigenvalue weighted by atomic mass is 19.4. The van der Waals surface area contributed by atoms with Gasteiger partial charge in [-0.25, -0.2) is 0 Å². The van der Waals surface area contributed by atoms with Crippen LogP contribution in [-0.2, 0) is 0 Å². The van der Waals surface area contributed by atoms with Crippen molar-refractivity contribution in [3.8, 4) is 0 Å². The summed E-state index contributed by atoms with van der Waals surface area (Å²) in [6, 6.07) is 0.0949. The molecule has 6 heteroatoms. The van der Waals surface area contributed by atoms with Gasteiger partial charge in [0.2, 0.25) is 0 Å². The smallest absolute Gasteiger partial charge is 0.382 e. The zero-order valence-corrected chi connectivity index (χ0v) is 7.72. The summed E-state index contributed by atoms with van der Waals surface area (Å²) in [4.78, 5) is 0. The Kier molecular flexibility index (Phi) is 3.74. The monoisotopic (exact) mass is 212 g/mol. The SMILES string of the molecule is NC1CCC(NCC(O)C(F)(F)F)C1. The molecule has 0 aromatic rings. The van der Waals surface area contributed by atoms with Crippen molar-refractivity contribution in [2.24, 2.45) is 5.73 Å². The Bertz CT molecular complexity index is 186. The van der Waals surface area contributed by atoms with Crippen molar-refractivity contribution < 1.29 is 18.3 Å². The molecule has 14 heavy (non-hydrogen) atoms. The predicted octanol–water partition coefficient (Wildman–Crippen LogP) is 0.379. The van der Waals surface area contributed by atoms with Gasteiger partial charge < -0.3 is 16.2 Å². The first-order valence-corrected chi connectivity index (χ1v) is 4.63. The summed E-state index contributed by atoms with van der Waals surface area (Å²) in [6.07, 6.45) is -4.51. The minimum atomic E-state index is -4.53. The van der Waals surface area contributed by atoms with E-state index in [4.69, 9.17) is 10.8 Å². The number of aliphatic hydroxyl groups is 1. The van der Waals surface area contributed by atoms with E-state index in [1.54, 1.807) is 0 Å². The molecule has 84 valence electrons. The van der Waals surface area contributed by atoms with Gasteiger partial charge in [0.05, 0.1) is 0 Å². The van der Waals surface area contributed by atoms with E-state index in [0.29, 0.717) is 6.42 Å². The van der Waals surface area contributed by atoms with Crippen molar-refractivity contribution in [2.45, 2.75) is 43.6 Å². The molecule has 0 saturated heterocycles. The highest BCUT2D eigenvalue weighted by Crippen LogP contribution is 2.21. The fraction of sp³-hybridized carbons (Fsp3) is 1.00. The van der Waals surface area contributed by atoms with Gasteiger partial charge in [-0.2, -0.15) is 13.2 Å². The molecule has 0 radical (unpaired) electrons. The second-order valence-electron chi connectivity index (χ2n) is 3.74. The molecule has 1 rings (SSSR count). The fourth-order valence-electron chi connectivity index (χ4n) is 1.60. The third kappa shape index (κ3) is 3.43. The Hall–Kier alpha value is -0.330. The van der Waals surface area contributed by atoms with Crippen LogP contribution >= 0.6 is 0 Å². The molecule has 3 atom stereocenters. The Morgan fingerprint density at radius 3 is 2.50 bits per heavy atom. The third-order valence-corrected chi connectivity index (χ3v) is 2.45. The average molecular weight is 212 g/mol. The van der Waals surface area contributed by atoms with Gasteiger partial charge >= 0.3 is 6.18 Å². The van der Waals surface area contributed by atoms with E-state index in [1.807, 2.05) is 0 Å². The Labute approximate surface area is 80.5 Å². The summed E-state index contributed by atoms with van der Waals surface area (Å²) < 4.78 is 35.7. The summed E-state index contributed by atoms with van der Waals surface area (Å²) in [5.41, 5.74) is 5.59. The lowest BCUT2D eigenvalue weighted by Gasteiger charge is -2.18. The molecule has 0 aliphatic heterocycles. The van der Waals surface area contributed by atoms with Gasteiger partial charge in [0.25, 0.3) is 0 Å². The van der Waals surface area contributed by atoms with Crippen LogP contribution in [0.25, 0.3) is 0 Å². The first-order valence-electron chi connectivity index (χ1n) is 4.63. The molecule has 4 N–H and O–H groups in total. The first kappa shape index (κ1) is 11.7. The summed E-state index contributed by atoms with van der Waals surface area (Å²) in [5.74, 6) is 0. The summed E-state index contributed by atoms with van der Waals surface area (Å²) in [6.45, 7) is -0.444. The highest BCUT2D eigenvalue weighted by molar-refractivity contribution is 4.83. The number of aliphatic hydroxyl groups excluding tert-OH is 1. The maximum atomic E-state index is 11.9.